The Kier molecular flexibility index (Phi) is 10.2. The van der Waals surface area contributed by atoms with Crippen LogP contribution in [0.3, 0.4) is 0 Å². The molecule has 2 aromatic rings. The quantitative estimate of drug-likeness (QED) is 0.313. The number of benzene rings is 1. The molecule has 32 heavy (non-hydrogen) atoms. The maximum absolute atomic E-state index is 4.58. The third-order valence-electron chi connectivity index (χ3n) is 6.16. The van der Waals surface area contributed by atoms with Gasteiger partial charge in [-0.05, 0) is 42.3 Å². The molecule has 0 unspecified atom stereocenters. The van der Waals surface area contributed by atoms with E-state index in [4.69, 9.17) is 0 Å². The molecule has 1 aromatic carbocycles. The lowest BCUT2D eigenvalue weighted by molar-refractivity contribution is 0.312. The molecule has 6 nitrogen and oxygen atoms in total. The molecular weight excluding hydrogens is 511 g/mol. The van der Waals surface area contributed by atoms with Gasteiger partial charge in [-0.3, -0.25) is 4.99 Å². The Hall–Kier alpha value is -1.87. The number of likely N-dealkylation sites (N-methyl/N-ethyl adjacent to an activating group) is 1. The molecule has 1 aromatic heterocycles. The number of rotatable bonds is 7. The Morgan fingerprint density at radius 2 is 1.72 bits per heavy atom. The van der Waals surface area contributed by atoms with Crippen LogP contribution in [-0.4, -0.2) is 62.7 Å². The summed E-state index contributed by atoms with van der Waals surface area (Å²) in [4.78, 5) is 13.7. The number of hydrogen-bond donors (Lipinski definition) is 2. The minimum absolute atomic E-state index is 0. The van der Waals surface area contributed by atoms with Crippen LogP contribution in [0.1, 0.15) is 37.5 Å². The Bertz CT molecular complexity index is 857. The van der Waals surface area contributed by atoms with E-state index in [0.29, 0.717) is 6.54 Å². The smallest absolute Gasteiger partial charge is 0.191 e. The van der Waals surface area contributed by atoms with Gasteiger partial charge in [-0.2, -0.15) is 0 Å². The number of hydrogen-bond acceptors (Lipinski definition) is 4. The topological polar surface area (TPSA) is 55.8 Å². The Morgan fingerprint density at radius 1 is 1.03 bits per heavy atom. The van der Waals surface area contributed by atoms with E-state index in [-0.39, 0.29) is 29.4 Å². The lowest BCUT2D eigenvalue weighted by Crippen LogP contribution is -2.45. The first-order chi connectivity index (χ1) is 14.9. The molecule has 0 bridgehead atoms. The predicted octanol–water partition coefficient (Wildman–Crippen LogP) is 3.66. The van der Waals surface area contributed by atoms with Crippen LogP contribution in [0, 0.1) is 0 Å². The first-order valence-electron chi connectivity index (χ1n) is 11.3. The molecule has 1 aliphatic heterocycles. The largest absolute Gasteiger partial charge is 0.356 e. The maximum Gasteiger partial charge on any atom is 0.191 e. The highest BCUT2D eigenvalue weighted by atomic mass is 127. The molecule has 0 atom stereocenters. The third kappa shape index (κ3) is 7.33. The fraction of sp³-hybridized carbons (Fsp3) is 0.520. The molecule has 2 heterocycles. The molecule has 176 valence electrons. The van der Waals surface area contributed by atoms with Crippen LogP contribution in [0.2, 0.25) is 0 Å². The molecule has 1 saturated heterocycles. The summed E-state index contributed by atoms with van der Waals surface area (Å²) in [6.07, 6.45) is 2.98. The standard InChI is InChI=1S/C25H38N6.HI/c1-6-20-7-9-22(10-8-20)25(2,3)19-29-24(26-4)28-18-21-11-12-27-23(17-21)31-15-13-30(5)14-16-31;/h7-12,17H,6,13-16,18-19H2,1-5H3,(H2,26,28,29);1H. The van der Waals surface area contributed by atoms with Crippen molar-refractivity contribution in [3.05, 3.63) is 59.3 Å². The molecule has 0 aliphatic carbocycles. The number of nitrogens with one attached hydrogen (secondary N) is 2. The number of nitrogens with zero attached hydrogens (tertiary/aromatic N) is 4. The lowest BCUT2D eigenvalue weighted by atomic mass is 9.84. The van der Waals surface area contributed by atoms with Gasteiger partial charge in [0.2, 0.25) is 0 Å². The SMILES string of the molecule is CCc1ccc(C(C)(C)CNC(=NC)NCc2ccnc(N3CCN(C)CC3)c2)cc1.I. The molecule has 1 fully saturated rings. The maximum atomic E-state index is 4.58. The summed E-state index contributed by atoms with van der Waals surface area (Å²) in [5.74, 6) is 1.88. The molecule has 0 saturated carbocycles. The summed E-state index contributed by atoms with van der Waals surface area (Å²) >= 11 is 0. The number of aromatic nitrogens is 1. The second-order valence-electron chi connectivity index (χ2n) is 9.03. The van der Waals surface area contributed by atoms with Crippen LogP contribution in [-0.2, 0) is 18.4 Å². The fourth-order valence-corrected chi connectivity index (χ4v) is 3.78. The first kappa shape index (κ1) is 26.4. The highest BCUT2D eigenvalue weighted by Gasteiger charge is 2.21. The Morgan fingerprint density at radius 3 is 2.34 bits per heavy atom. The minimum Gasteiger partial charge on any atom is -0.356 e. The second-order valence-corrected chi connectivity index (χ2v) is 9.03. The van der Waals surface area contributed by atoms with Crippen molar-refractivity contribution in [1.82, 2.24) is 20.5 Å². The van der Waals surface area contributed by atoms with Crippen LogP contribution in [0.15, 0.2) is 47.6 Å². The number of aryl methyl sites for hydroxylation is 1. The molecule has 2 N–H and O–H groups in total. The fourth-order valence-electron chi connectivity index (χ4n) is 3.78. The molecular formula is C25H39IN6. The van der Waals surface area contributed by atoms with Crippen molar-refractivity contribution in [3.8, 4) is 0 Å². The van der Waals surface area contributed by atoms with E-state index in [1.54, 1.807) is 0 Å². The molecule has 0 amide bonds. The van der Waals surface area contributed by atoms with Crippen molar-refractivity contribution in [2.75, 3.05) is 51.7 Å². The van der Waals surface area contributed by atoms with Crippen LogP contribution in [0.5, 0.6) is 0 Å². The molecule has 0 radical (unpaired) electrons. The van der Waals surface area contributed by atoms with Gasteiger partial charge in [0.15, 0.2) is 5.96 Å². The van der Waals surface area contributed by atoms with Crippen molar-refractivity contribution in [3.63, 3.8) is 0 Å². The third-order valence-corrected chi connectivity index (χ3v) is 6.16. The van der Waals surface area contributed by atoms with Gasteiger partial charge < -0.3 is 20.4 Å². The second kappa shape index (κ2) is 12.4. The van der Waals surface area contributed by atoms with E-state index >= 15 is 0 Å². The normalized spacial score (nSPS) is 15.3. The predicted molar refractivity (Wildman–Crippen MR) is 146 cm³/mol. The van der Waals surface area contributed by atoms with Gasteiger partial charge in [-0.1, -0.05) is 45.0 Å². The van der Waals surface area contributed by atoms with E-state index < -0.39 is 0 Å². The molecule has 1 aliphatic rings. The van der Waals surface area contributed by atoms with Crippen molar-refractivity contribution in [1.29, 1.82) is 0 Å². The highest BCUT2D eigenvalue weighted by Crippen LogP contribution is 2.23. The van der Waals surface area contributed by atoms with Crippen LogP contribution in [0.25, 0.3) is 0 Å². The van der Waals surface area contributed by atoms with Crippen molar-refractivity contribution in [2.24, 2.45) is 4.99 Å². The van der Waals surface area contributed by atoms with Crippen molar-refractivity contribution in [2.45, 2.75) is 39.2 Å². The molecule has 7 heteroatoms. The molecule has 3 rings (SSSR count). The van der Waals surface area contributed by atoms with Gasteiger partial charge in [0.25, 0.3) is 0 Å². The monoisotopic (exact) mass is 550 g/mol. The van der Waals surface area contributed by atoms with Gasteiger partial charge in [0, 0.05) is 57.9 Å². The Labute approximate surface area is 210 Å². The van der Waals surface area contributed by atoms with E-state index in [9.17, 15) is 0 Å². The van der Waals surface area contributed by atoms with Crippen molar-refractivity contribution < 1.29 is 0 Å². The summed E-state index contributed by atoms with van der Waals surface area (Å²) in [6.45, 7) is 12.5. The van der Waals surface area contributed by atoms with E-state index in [0.717, 1.165) is 50.9 Å². The van der Waals surface area contributed by atoms with Gasteiger partial charge in [0.05, 0.1) is 0 Å². The van der Waals surface area contributed by atoms with E-state index in [1.165, 1.54) is 16.7 Å². The zero-order chi connectivity index (χ0) is 22.3. The van der Waals surface area contributed by atoms with Gasteiger partial charge in [-0.25, -0.2) is 4.98 Å². The van der Waals surface area contributed by atoms with Crippen LogP contribution in [0.4, 0.5) is 5.82 Å². The zero-order valence-corrected chi connectivity index (χ0v) is 22.5. The summed E-state index contributed by atoms with van der Waals surface area (Å²) in [5.41, 5.74) is 3.92. The van der Waals surface area contributed by atoms with Crippen molar-refractivity contribution >= 4 is 35.8 Å². The van der Waals surface area contributed by atoms with Gasteiger partial charge in [-0.15, -0.1) is 24.0 Å². The van der Waals surface area contributed by atoms with Crippen LogP contribution < -0.4 is 15.5 Å². The summed E-state index contributed by atoms with van der Waals surface area (Å²) < 4.78 is 0. The molecule has 0 spiro atoms. The van der Waals surface area contributed by atoms with E-state index in [1.807, 2.05) is 13.2 Å². The zero-order valence-electron chi connectivity index (χ0n) is 20.2. The summed E-state index contributed by atoms with van der Waals surface area (Å²) in [6, 6.07) is 13.2. The summed E-state index contributed by atoms with van der Waals surface area (Å²) in [5, 5.41) is 6.95. The highest BCUT2D eigenvalue weighted by molar-refractivity contribution is 14.0. The van der Waals surface area contributed by atoms with Gasteiger partial charge >= 0.3 is 0 Å². The number of guanidine groups is 1. The van der Waals surface area contributed by atoms with Crippen LogP contribution >= 0.6 is 24.0 Å². The number of aliphatic imine (C=N–C) groups is 1. The number of piperazine rings is 1. The minimum atomic E-state index is 0. The number of halogens is 1. The number of pyridine rings is 1. The Balaban J connectivity index is 0.00000363. The average Bonchev–Trinajstić information content (AvgIpc) is 2.80. The first-order valence-corrected chi connectivity index (χ1v) is 11.3. The average molecular weight is 551 g/mol. The number of anilines is 1. The lowest BCUT2D eigenvalue weighted by Gasteiger charge is -2.33. The van der Waals surface area contributed by atoms with E-state index in [2.05, 4.69) is 94.6 Å². The van der Waals surface area contributed by atoms with Gasteiger partial charge in [0.1, 0.15) is 5.82 Å². The summed E-state index contributed by atoms with van der Waals surface area (Å²) in [7, 11) is 3.99.